The Balaban J connectivity index is 1.45. The lowest BCUT2D eigenvalue weighted by Gasteiger charge is -2.29. The van der Waals surface area contributed by atoms with E-state index >= 15 is 0 Å². The van der Waals surface area contributed by atoms with Crippen molar-refractivity contribution in [3.05, 3.63) is 33.5 Å². The molecular weight excluding hydrogens is 400 g/mol. The minimum absolute atomic E-state index is 0.0536. The first-order valence-electron chi connectivity index (χ1n) is 8.94. The average molecular weight is 423 g/mol. The molecule has 0 aromatic carbocycles. The number of amides is 3. The third kappa shape index (κ3) is 5.85. The molecule has 3 heterocycles. The first-order valence-corrected chi connectivity index (χ1v) is 10.7. The molecule has 10 heteroatoms. The van der Waals surface area contributed by atoms with Crippen LogP contribution in [0.15, 0.2) is 22.9 Å². The molecule has 2 N–H and O–H groups in total. The maximum atomic E-state index is 12.3. The van der Waals surface area contributed by atoms with E-state index in [0.717, 1.165) is 4.88 Å². The van der Waals surface area contributed by atoms with Gasteiger partial charge < -0.3 is 20.3 Å². The zero-order valence-electron chi connectivity index (χ0n) is 15.5. The van der Waals surface area contributed by atoms with Gasteiger partial charge in [-0.1, -0.05) is 6.07 Å². The molecule has 1 atom stereocenters. The zero-order chi connectivity index (χ0) is 19.9. The van der Waals surface area contributed by atoms with Crippen LogP contribution < -0.4 is 10.6 Å². The Hall–Kier alpha value is -2.30. The number of carbonyl (C=O) groups is 3. The van der Waals surface area contributed by atoms with E-state index in [1.165, 1.54) is 22.7 Å². The first kappa shape index (κ1) is 20.4. The quantitative estimate of drug-likeness (QED) is 0.700. The summed E-state index contributed by atoms with van der Waals surface area (Å²) in [6.07, 6.45) is 0.353. The second-order valence-corrected chi connectivity index (χ2v) is 8.24. The minimum atomic E-state index is -0.603. The summed E-state index contributed by atoms with van der Waals surface area (Å²) in [4.78, 5) is 43.5. The SMILES string of the molecule is CC(NC(=O)Cc1csc(NC(=O)Cc2cccs2)n1)C(=O)N1CCOCC1. The van der Waals surface area contributed by atoms with Crippen LogP contribution in [0, 0.1) is 0 Å². The lowest BCUT2D eigenvalue weighted by Crippen LogP contribution is -2.50. The number of rotatable bonds is 7. The normalized spacial score (nSPS) is 15.1. The van der Waals surface area contributed by atoms with E-state index in [-0.39, 0.29) is 24.1 Å². The number of nitrogens with one attached hydrogen (secondary N) is 2. The van der Waals surface area contributed by atoms with Gasteiger partial charge >= 0.3 is 0 Å². The van der Waals surface area contributed by atoms with Crippen LogP contribution in [-0.2, 0) is 32.0 Å². The van der Waals surface area contributed by atoms with E-state index in [4.69, 9.17) is 4.74 Å². The highest BCUT2D eigenvalue weighted by molar-refractivity contribution is 7.14. The third-order valence-corrected chi connectivity index (χ3v) is 5.81. The molecule has 150 valence electrons. The summed E-state index contributed by atoms with van der Waals surface area (Å²) in [5.41, 5.74) is 0.556. The van der Waals surface area contributed by atoms with E-state index in [0.29, 0.717) is 43.5 Å². The van der Waals surface area contributed by atoms with Gasteiger partial charge in [0.1, 0.15) is 6.04 Å². The Morgan fingerprint density at radius 2 is 2.00 bits per heavy atom. The van der Waals surface area contributed by atoms with Crippen molar-refractivity contribution in [1.82, 2.24) is 15.2 Å². The van der Waals surface area contributed by atoms with Crippen molar-refractivity contribution in [2.75, 3.05) is 31.6 Å². The fourth-order valence-corrected chi connectivity index (χ4v) is 4.19. The molecule has 28 heavy (non-hydrogen) atoms. The van der Waals surface area contributed by atoms with E-state index in [2.05, 4.69) is 15.6 Å². The fraction of sp³-hybridized carbons (Fsp3) is 0.444. The molecule has 1 unspecified atom stereocenters. The number of carbonyl (C=O) groups excluding carboxylic acids is 3. The summed E-state index contributed by atoms with van der Waals surface area (Å²) < 4.78 is 5.23. The Labute approximate surface area is 170 Å². The summed E-state index contributed by atoms with van der Waals surface area (Å²) in [6, 6.07) is 3.20. The fourth-order valence-electron chi connectivity index (χ4n) is 2.76. The van der Waals surface area contributed by atoms with Gasteiger partial charge in [0.2, 0.25) is 17.7 Å². The van der Waals surface area contributed by atoms with E-state index in [1.54, 1.807) is 17.2 Å². The molecule has 0 saturated carbocycles. The van der Waals surface area contributed by atoms with Gasteiger partial charge in [-0.05, 0) is 18.4 Å². The maximum absolute atomic E-state index is 12.3. The maximum Gasteiger partial charge on any atom is 0.245 e. The van der Waals surface area contributed by atoms with Crippen molar-refractivity contribution >= 4 is 45.5 Å². The Morgan fingerprint density at radius 1 is 1.21 bits per heavy atom. The van der Waals surface area contributed by atoms with Gasteiger partial charge in [-0.15, -0.1) is 22.7 Å². The number of thiazole rings is 1. The summed E-state index contributed by atoms with van der Waals surface area (Å²) in [5.74, 6) is -0.537. The molecule has 0 aliphatic carbocycles. The standard InChI is InChI=1S/C18H22N4O4S2/c1-12(17(25)22-4-6-26-7-5-22)19-15(23)9-13-11-28-18(20-13)21-16(24)10-14-3-2-8-27-14/h2-3,8,11-12H,4-7,9-10H2,1H3,(H,19,23)(H,20,21,24). The van der Waals surface area contributed by atoms with Crippen LogP contribution in [-0.4, -0.2) is 60.0 Å². The Kier molecular flexibility index (Phi) is 7.12. The van der Waals surface area contributed by atoms with Crippen molar-refractivity contribution in [2.45, 2.75) is 25.8 Å². The van der Waals surface area contributed by atoms with Crippen LogP contribution in [0.2, 0.25) is 0 Å². The lowest BCUT2D eigenvalue weighted by atomic mass is 10.2. The van der Waals surface area contributed by atoms with Gasteiger partial charge in [0.05, 0.1) is 31.7 Å². The lowest BCUT2D eigenvalue weighted by molar-refractivity contribution is -0.139. The van der Waals surface area contributed by atoms with Gasteiger partial charge in [-0.2, -0.15) is 0 Å². The van der Waals surface area contributed by atoms with Crippen LogP contribution in [0.25, 0.3) is 0 Å². The number of anilines is 1. The zero-order valence-corrected chi connectivity index (χ0v) is 17.1. The van der Waals surface area contributed by atoms with Crippen LogP contribution in [0.1, 0.15) is 17.5 Å². The summed E-state index contributed by atoms with van der Waals surface area (Å²) in [7, 11) is 0. The van der Waals surface area contributed by atoms with Crippen LogP contribution in [0.3, 0.4) is 0 Å². The smallest absolute Gasteiger partial charge is 0.245 e. The number of morpholine rings is 1. The molecule has 1 fully saturated rings. The number of thiophene rings is 1. The van der Waals surface area contributed by atoms with Crippen molar-refractivity contribution in [3.63, 3.8) is 0 Å². The van der Waals surface area contributed by atoms with Gasteiger partial charge in [0.15, 0.2) is 5.13 Å². The van der Waals surface area contributed by atoms with Gasteiger partial charge in [-0.25, -0.2) is 4.98 Å². The van der Waals surface area contributed by atoms with Gasteiger partial charge in [0, 0.05) is 23.3 Å². The summed E-state index contributed by atoms with van der Waals surface area (Å²) in [6.45, 7) is 3.80. The predicted octanol–water partition coefficient (Wildman–Crippen LogP) is 1.29. The number of hydrogen-bond donors (Lipinski definition) is 2. The summed E-state index contributed by atoms with van der Waals surface area (Å²) in [5, 5.41) is 9.57. The van der Waals surface area contributed by atoms with Gasteiger partial charge in [0.25, 0.3) is 0 Å². The molecule has 0 spiro atoms. The van der Waals surface area contributed by atoms with E-state index in [9.17, 15) is 14.4 Å². The van der Waals surface area contributed by atoms with Crippen LogP contribution >= 0.6 is 22.7 Å². The molecule has 1 aliphatic rings. The number of aromatic nitrogens is 1. The van der Waals surface area contributed by atoms with Crippen LogP contribution in [0.4, 0.5) is 5.13 Å². The van der Waals surface area contributed by atoms with E-state index in [1.807, 2.05) is 17.5 Å². The number of nitrogens with zero attached hydrogens (tertiary/aromatic N) is 2. The second kappa shape index (κ2) is 9.76. The largest absolute Gasteiger partial charge is 0.378 e. The van der Waals surface area contributed by atoms with Crippen molar-refractivity contribution in [1.29, 1.82) is 0 Å². The Morgan fingerprint density at radius 3 is 2.71 bits per heavy atom. The topological polar surface area (TPSA) is 101 Å². The molecular formula is C18H22N4O4S2. The molecule has 1 aliphatic heterocycles. The molecule has 3 rings (SSSR count). The highest BCUT2D eigenvalue weighted by Gasteiger charge is 2.24. The minimum Gasteiger partial charge on any atom is -0.378 e. The number of hydrogen-bond acceptors (Lipinski definition) is 7. The average Bonchev–Trinajstić information content (AvgIpc) is 3.33. The summed E-state index contributed by atoms with van der Waals surface area (Å²) >= 11 is 2.80. The van der Waals surface area contributed by atoms with E-state index < -0.39 is 6.04 Å². The van der Waals surface area contributed by atoms with Crippen molar-refractivity contribution in [2.24, 2.45) is 0 Å². The molecule has 8 nitrogen and oxygen atoms in total. The molecule has 2 aromatic rings. The highest BCUT2D eigenvalue weighted by Crippen LogP contribution is 2.17. The molecule has 2 aromatic heterocycles. The highest BCUT2D eigenvalue weighted by atomic mass is 32.1. The van der Waals surface area contributed by atoms with Crippen molar-refractivity contribution < 1.29 is 19.1 Å². The van der Waals surface area contributed by atoms with Crippen LogP contribution in [0.5, 0.6) is 0 Å². The molecule has 0 radical (unpaired) electrons. The van der Waals surface area contributed by atoms with Crippen molar-refractivity contribution in [3.8, 4) is 0 Å². The molecule has 3 amide bonds. The number of ether oxygens (including phenoxy) is 1. The second-order valence-electron chi connectivity index (χ2n) is 6.35. The predicted molar refractivity (Wildman–Crippen MR) is 107 cm³/mol. The first-order chi connectivity index (χ1) is 13.5. The monoisotopic (exact) mass is 422 g/mol. The van der Waals surface area contributed by atoms with Gasteiger partial charge in [-0.3, -0.25) is 14.4 Å². The molecule has 1 saturated heterocycles. The third-order valence-electron chi connectivity index (χ3n) is 4.13. The Bertz CT molecular complexity index is 815. The molecule has 0 bridgehead atoms.